The van der Waals surface area contributed by atoms with Crippen molar-refractivity contribution in [3.63, 3.8) is 0 Å². The Hall–Kier alpha value is -3.15. The summed E-state index contributed by atoms with van der Waals surface area (Å²) >= 11 is 0. The Balaban J connectivity index is 1.61. The van der Waals surface area contributed by atoms with Crippen LogP contribution in [-0.4, -0.2) is 16.5 Å². The Morgan fingerprint density at radius 2 is 1.76 bits per heavy atom. The number of non-ortho nitro benzene ring substituents is 1. The number of oxazole rings is 1. The molecule has 1 aromatic heterocycles. The van der Waals surface area contributed by atoms with E-state index in [-0.39, 0.29) is 5.69 Å². The first-order valence-corrected chi connectivity index (χ1v) is 7.93. The minimum absolute atomic E-state index is 0.0439. The van der Waals surface area contributed by atoms with Gasteiger partial charge in [-0.05, 0) is 38.1 Å². The van der Waals surface area contributed by atoms with Crippen LogP contribution in [0.25, 0.3) is 11.5 Å². The Bertz CT molecular complexity index is 867. The van der Waals surface area contributed by atoms with E-state index in [1.54, 1.807) is 12.1 Å². The summed E-state index contributed by atoms with van der Waals surface area (Å²) < 4.78 is 11.4. The van der Waals surface area contributed by atoms with Gasteiger partial charge in [-0.15, -0.1) is 0 Å². The van der Waals surface area contributed by atoms with Crippen LogP contribution in [0.5, 0.6) is 5.75 Å². The van der Waals surface area contributed by atoms with E-state index in [4.69, 9.17) is 9.15 Å². The number of nitro benzene ring substituents is 1. The molecule has 0 spiro atoms. The zero-order valence-electron chi connectivity index (χ0n) is 14.1. The molecule has 6 nitrogen and oxygen atoms in total. The molecule has 3 rings (SSSR count). The zero-order chi connectivity index (χ0) is 17.8. The van der Waals surface area contributed by atoms with Crippen molar-refractivity contribution in [1.29, 1.82) is 0 Å². The molecule has 25 heavy (non-hydrogen) atoms. The monoisotopic (exact) mass is 338 g/mol. The highest BCUT2D eigenvalue weighted by atomic mass is 16.6. The average molecular weight is 338 g/mol. The second kappa shape index (κ2) is 7.17. The third-order valence-corrected chi connectivity index (χ3v) is 3.85. The molecule has 0 amide bonds. The fraction of sp³-hybridized carbons (Fsp3) is 0.211. The Morgan fingerprint density at radius 1 is 1.08 bits per heavy atom. The van der Waals surface area contributed by atoms with Gasteiger partial charge >= 0.3 is 0 Å². The summed E-state index contributed by atoms with van der Waals surface area (Å²) in [6.45, 7) is 4.33. The van der Waals surface area contributed by atoms with Gasteiger partial charge in [-0.25, -0.2) is 4.98 Å². The molecule has 0 aliphatic carbocycles. The lowest BCUT2D eigenvalue weighted by Crippen LogP contribution is -2.02. The molecule has 3 aromatic rings. The van der Waals surface area contributed by atoms with Gasteiger partial charge in [-0.2, -0.15) is 0 Å². The van der Waals surface area contributed by atoms with Gasteiger partial charge in [0.2, 0.25) is 5.89 Å². The maximum atomic E-state index is 10.6. The van der Waals surface area contributed by atoms with E-state index in [0.29, 0.717) is 24.7 Å². The number of hydrogen-bond acceptors (Lipinski definition) is 5. The SMILES string of the molecule is Cc1ccc(-c2nc(CCOc3ccc([N+](=O)[O-])cc3)c(C)o2)cc1. The number of ether oxygens (including phenoxy) is 1. The normalized spacial score (nSPS) is 10.6. The molecule has 6 heteroatoms. The molecule has 128 valence electrons. The lowest BCUT2D eigenvalue weighted by Gasteiger charge is -2.04. The topological polar surface area (TPSA) is 78.4 Å². The second-order valence-corrected chi connectivity index (χ2v) is 5.74. The van der Waals surface area contributed by atoms with Gasteiger partial charge in [0.25, 0.3) is 5.69 Å². The van der Waals surface area contributed by atoms with Crippen LogP contribution in [0.4, 0.5) is 5.69 Å². The van der Waals surface area contributed by atoms with Crippen molar-refractivity contribution in [2.24, 2.45) is 0 Å². The van der Waals surface area contributed by atoms with Crippen LogP contribution in [0.2, 0.25) is 0 Å². The highest BCUT2D eigenvalue weighted by Gasteiger charge is 2.11. The smallest absolute Gasteiger partial charge is 0.269 e. The van der Waals surface area contributed by atoms with E-state index < -0.39 is 4.92 Å². The second-order valence-electron chi connectivity index (χ2n) is 5.74. The summed E-state index contributed by atoms with van der Waals surface area (Å²) in [6.07, 6.45) is 0.595. The van der Waals surface area contributed by atoms with Crippen LogP contribution in [0.1, 0.15) is 17.0 Å². The minimum Gasteiger partial charge on any atom is -0.493 e. The largest absolute Gasteiger partial charge is 0.493 e. The van der Waals surface area contributed by atoms with Crippen LogP contribution >= 0.6 is 0 Å². The summed E-state index contributed by atoms with van der Waals surface area (Å²) in [5, 5.41) is 10.6. The molecule has 2 aromatic carbocycles. The Morgan fingerprint density at radius 3 is 2.40 bits per heavy atom. The van der Waals surface area contributed by atoms with Crippen LogP contribution in [0, 0.1) is 24.0 Å². The van der Waals surface area contributed by atoms with Crippen LogP contribution in [0.3, 0.4) is 0 Å². The fourth-order valence-electron chi connectivity index (χ4n) is 2.41. The van der Waals surface area contributed by atoms with Crippen molar-refractivity contribution in [3.05, 3.63) is 75.7 Å². The van der Waals surface area contributed by atoms with Crippen LogP contribution in [-0.2, 0) is 6.42 Å². The van der Waals surface area contributed by atoms with Crippen molar-refractivity contribution in [1.82, 2.24) is 4.98 Å². The molecule has 0 saturated carbocycles. The van der Waals surface area contributed by atoms with Crippen molar-refractivity contribution in [2.75, 3.05) is 6.61 Å². The van der Waals surface area contributed by atoms with Gasteiger partial charge in [0, 0.05) is 24.1 Å². The predicted molar refractivity (Wildman–Crippen MR) is 93.7 cm³/mol. The standard InChI is InChI=1S/C19H18N2O4/c1-13-3-5-15(6-4-13)19-20-18(14(2)25-19)11-12-24-17-9-7-16(8-10-17)21(22)23/h3-10H,11-12H2,1-2H3. The quantitative estimate of drug-likeness (QED) is 0.489. The summed E-state index contributed by atoms with van der Waals surface area (Å²) in [5.74, 6) is 1.95. The summed E-state index contributed by atoms with van der Waals surface area (Å²) in [6, 6.07) is 14.0. The number of nitrogens with zero attached hydrogens (tertiary/aromatic N) is 2. The van der Waals surface area contributed by atoms with E-state index in [0.717, 1.165) is 17.0 Å². The van der Waals surface area contributed by atoms with E-state index >= 15 is 0 Å². The van der Waals surface area contributed by atoms with Gasteiger partial charge in [0.15, 0.2) is 0 Å². The molecule has 0 radical (unpaired) electrons. The van der Waals surface area contributed by atoms with Gasteiger partial charge in [-0.3, -0.25) is 10.1 Å². The maximum absolute atomic E-state index is 10.6. The molecule has 1 heterocycles. The number of aromatic nitrogens is 1. The number of hydrogen-bond donors (Lipinski definition) is 0. The first kappa shape index (κ1) is 16.7. The number of nitro groups is 1. The molecule has 0 unspecified atom stereocenters. The fourth-order valence-corrected chi connectivity index (χ4v) is 2.41. The minimum atomic E-state index is -0.435. The average Bonchev–Trinajstić information content (AvgIpc) is 2.97. The van der Waals surface area contributed by atoms with Gasteiger partial charge in [0.05, 0.1) is 17.2 Å². The third kappa shape index (κ3) is 4.03. The molecule has 0 fully saturated rings. The molecule has 0 saturated heterocycles. The van der Waals surface area contributed by atoms with Gasteiger partial charge in [0.1, 0.15) is 11.5 Å². The summed E-state index contributed by atoms with van der Waals surface area (Å²) in [5.41, 5.74) is 3.01. The van der Waals surface area contributed by atoms with Crippen LogP contribution < -0.4 is 4.74 Å². The molecule has 0 N–H and O–H groups in total. The highest BCUT2D eigenvalue weighted by molar-refractivity contribution is 5.54. The number of rotatable bonds is 6. The van der Waals surface area contributed by atoms with Gasteiger partial charge < -0.3 is 9.15 Å². The van der Waals surface area contributed by atoms with E-state index in [2.05, 4.69) is 4.98 Å². The first-order chi connectivity index (χ1) is 12.0. The Kier molecular flexibility index (Phi) is 4.79. The summed E-state index contributed by atoms with van der Waals surface area (Å²) in [7, 11) is 0. The van der Waals surface area contributed by atoms with Crippen molar-refractivity contribution in [2.45, 2.75) is 20.3 Å². The van der Waals surface area contributed by atoms with Crippen LogP contribution in [0.15, 0.2) is 52.9 Å². The van der Waals surface area contributed by atoms with Crippen molar-refractivity contribution in [3.8, 4) is 17.2 Å². The Labute approximate surface area is 145 Å². The van der Waals surface area contributed by atoms with Crippen molar-refractivity contribution < 1.29 is 14.1 Å². The lowest BCUT2D eigenvalue weighted by molar-refractivity contribution is -0.384. The van der Waals surface area contributed by atoms with E-state index in [1.165, 1.54) is 17.7 Å². The zero-order valence-corrected chi connectivity index (χ0v) is 14.1. The summed E-state index contributed by atoms with van der Waals surface area (Å²) in [4.78, 5) is 14.7. The molecule has 0 aliphatic heterocycles. The number of benzene rings is 2. The molecular weight excluding hydrogens is 320 g/mol. The van der Waals surface area contributed by atoms with Gasteiger partial charge in [-0.1, -0.05) is 17.7 Å². The lowest BCUT2D eigenvalue weighted by atomic mass is 10.1. The number of aryl methyl sites for hydroxylation is 2. The first-order valence-electron chi connectivity index (χ1n) is 7.93. The molecule has 0 atom stereocenters. The molecule has 0 aliphatic rings. The molecular formula is C19H18N2O4. The van der Waals surface area contributed by atoms with Crippen molar-refractivity contribution >= 4 is 5.69 Å². The predicted octanol–water partition coefficient (Wildman–Crippen LogP) is 4.49. The maximum Gasteiger partial charge on any atom is 0.269 e. The highest BCUT2D eigenvalue weighted by Crippen LogP contribution is 2.23. The van der Waals surface area contributed by atoms with E-state index in [1.807, 2.05) is 38.1 Å². The molecule has 0 bridgehead atoms. The third-order valence-electron chi connectivity index (χ3n) is 3.85. The van der Waals surface area contributed by atoms with E-state index in [9.17, 15) is 10.1 Å².